The summed E-state index contributed by atoms with van der Waals surface area (Å²) in [6.45, 7) is 3.72. The normalized spacial score (nSPS) is 16.0. The average molecular weight is 545 g/mol. The number of rotatable bonds is 8. The smallest absolute Gasteiger partial charge is 0.257 e. The second kappa shape index (κ2) is 11.5. The molecule has 202 valence electrons. The third kappa shape index (κ3) is 6.12. The number of hydrogen-bond acceptors (Lipinski definition) is 8. The number of aromatic nitrogens is 4. The van der Waals surface area contributed by atoms with Crippen molar-refractivity contribution in [3.05, 3.63) is 65.4 Å². The molecular weight excluding hydrogens is 512 g/mol. The van der Waals surface area contributed by atoms with E-state index in [9.17, 15) is 4.79 Å². The number of benzene rings is 2. The van der Waals surface area contributed by atoms with Crippen LogP contribution in [-0.4, -0.2) is 57.3 Å². The number of nitrogens with zero attached hydrogens (tertiary/aromatic N) is 5. The summed E-state index contributed by atoms with van der Waals surface area (Å²) in [7, 11) is 2.15. The lowest BCUT2D eigenvalue weighted by Crippen LogP contribution is -2.32. The van der Waals surface area contributed by atoms with Crippen LogP contribution in [0.3, 0.4) is 0 Å². The molecule has 2 aliphatic rings. The second-order valence-corrected chi connectivity index (χ2v) is 11.1. The standard InChI is InChI=1S/C29H32N6O3S/c1-34-13-9-20(10-14-34)19-37-24-16-22(28(36)31-29-30-11-15-39-29)17-25(18-24)38-23-7-5-21(6-8-23)27-33-32-26-4-2-3-12-35(26)27/h5-8,11,15-18,20H,2-4,9-10,12-14,19H2,1H3,(H,30,31,36). The number of hydrogen-bond donors (Lipinski definition) is 1. The van der Waals surface area contributed by atoms with Crippen molar-refractivity contribution in [2.75, 3.05) is 32.1 Å². The Bertz CT molecular complexity index is 1410. The van der Waals surface area contributed by atoms with E-state index in [1.807, 2.05) is 35.7 Å². The molecule has 0 atom stereocenters. The Balaban J connectivity index is 1.20. The fourth-order valence-corrected chi connectivity index (χ4v) is 5.60. The molecule has 4 aromatic rings. The van der Waals surface area contributed by atoms with E-state index in [1.54, 1.807) is 18.3 Å². The van der Waals surface area contributed by atoms with Gasteiger partial charge in [-0.05, 0) is 88.1 Å². The van der Waals surface area contributed by atoms with Gasteiger partial charge in [0.15, 0.2) is 11.0 Å². The maximum atomic E-state index is 13.0. The summed E-state index contributed by atoms with van der Waals surface area (Å²) < 4.78 is 14.6. The molecule has 0 saturated carbocycles. The Morgan fingerprint density at radius 2 is 1.85 bits per heavy atom. The minimum absolute atomic E-state index is 0.258. The van der Waals surface area contributed by atoms with Gasteiger partial charge in [0, 0.05) is 41.7 Å². The SMILES string of the molecule is CN1CCC(COc2cc(Oc3ccc(-c4nnc5n4CCCC5)cc3)cc(C(=O)Nc3nccs3)c2)CC1. The van der Waals surface area contributed by atoms with E-state index in [4.69, 9.17) is 9.47 Å². The van der Waals surface area contributed by atoms with E-state index < -0.39 is 0 Å². The first kappa shape index (κ1) is 25.5. The number of carbonyl (C=O) groups excluding carboxylic acids is 1. The fourth-order valence-electron chi connectivity index (χ4n) is 5.07. The number of likely N-dealkylation sites (tertiary alicyclic amines) is 1. The molecular formula is C29H32N6O3S. The van der Waals surface area contributed by atoms with E-state index >= 15 is 0 Å². The molecule has 0 spiro atoms. The Labute approximate surface area is 231 Å². The molecule has 4 heterocycles. The molecule has 0 unspecified atom stereocenters. The summed E-state index contributed by atoms with van der Waals surface area (Å²) in [5.74, 6) is 3.99. The molecule has 0 bridgehead atoms. The fraction of sp³-hybridized carbons (Fsp3) is 0.379. The number of aryl methyl sites for hydroxylation is 1. The monoisotopic (exact) mass is 544 g/mol. The Morgan fingerprint density at radius 3 is 2.64 bits per heavy atom. The van der Waals surface area contributed by atoms with Crippen LogP contribution in [0.5, 0.6) is 17.2 Å². The van der Waals surface area contributed by atoms with E-state index in [0.717, 1.165) is 69.0 Å². The summed E-state index contributed by atoms with van der Waals surface area (Å²) >= 11 is 1.37. The second-order valence-electron chi connectivity index (χ2n) is 10.2. The van der Waals surface area contributed by atoms with Crippen LogP contribution in [0.2, 0.25) is 0 Å². The van der Waals surface area contributed by atoms with Gasteiger partial charge in [0.25, 0.3) is 5.91 Å². The molecule has 0 aliphatic carbocycles. The zero-order valence-corrected chi connectivity index (χ0v) is 22.8. The van der Waals surface area contributed by atoms with Gasteiger partial charge in [-0.25, -0.2) is 4.98 Å². The molecule has 1 amide bonds. The molecule has 9 nitrogen and oxygen atoms in total. The number of piperidine rings is 1. The maximum Gasteiger partial charge on any atom is 0.257 e. The number of carbonyl (C=O) groups is 1. The maximum absolute atomic E-state index is 13.0. The van der Waals surface area contributed by atoms with Crippen molar-refractivity contribution >= 4 is 22.4 Å². The first-order valence-corrected chi connectivity index (χ1v) is 14.4. The number of thiazole rings is 1. The number of nitrogens with one attached hydrogen (secondary N) is 1. The van der Waals surface area contributed by atoms with Gasteiger partial charge >= 0.3 is 0 Å². The lowest BCUT2D eigenvalue weighted by molar-refractivity contribution is 0.102. The van der Waals surface area contributed by atoms with Crippen LogP contribution in [0.4, 0.5) is 5.13 Å². The first-order chi connectivity index (χ1) is 19.1. The van der Waals surface area contributed by atoms with Crippen LogP contribution < -0.4 is 14.8 Å². The highest BCUT2D eigenvalue weighted by Gasteiger charge is 2.19. The van der Waals surface area contributed by atoms with Crippen molar-refractivity contribution in [1.82, 2.24) is 24.6 Å². The van der Waals surface area contributed by atoms with Crippen molar-refractivity contribution in [1.29, 1.82) is 0 Å². The van der Waals surface area contributed by atoms with E-state index in [1.165, 1.54) is 11.3 Å². The largest absolute Gasteiger partial charge is 0.493 e. The van der Waals surface area contributed by atoms with Gasteiger partial charge in [-0.3, -0.25) is 10.1 Å². The Hall–Kier alpha value is -3.76. The zero-order chi connectivity index (χ0) is 26.6. The summed E-state index contributed by atoms with van der Waals surface area (Å²) in [5.41, 5.74) is 1.45. The molecule has 10 heteroatoms. The van der Waals surface area contributed by atoms with Crippen LogP contribution in [0.25, 0.3) is 11.4 Å². The summed E-state index contributed by atoms with van der Waals surface area (Å²) in [5, 5.41) is 14.0. The van der Waals surface area contributed by atoms with Crippen molar-refractivity contribution in [3.63, 3.8) is 0 Å². The molecule has 6 rings (SSSR count). The summed E-state index contributed by atoms with van der Waals surface area (Å²) in [6.07, 6.45) is 7.15. The zero-order valence-electron chi connectivity index (χ0n) is 22.0. The minimum atomic E-state index is -0.258. The highest BCUT2D eigenvalue weighted by atomic mass is 32.1. The van der Waals surface area contributed by atoms with Gasteiger partial charge in [-0.1, -0.05) is 0 Å². The number of ether oxygens (including phenoxy) is 2. The van der Waals surface area contributed by atoms with E-state index in [2.05, 4.69) is 37.0 Å². The molecule has 1 saturated heterocycles. The molecule has 1 N–H and O–H groups in total. The van der Waals surface area contributed by atoms with Crippen LogP contribution >= 0.6 is 11.3 Å². The van der Waals surface area contributed by atoms with E-state index in [0.29, 0.717) is 40.5 Å². The van der Waals surface area contributed by atoms with Crippen LogP contribution in [0, 0.1) is 5.92 Å². The summed E-state index contributed by atoms with van der Waals surface area (Å²) in [6, 6.07) is 13.2. The molecule has 1 fully saturated rings. The van der Waals surface area contributed by atoms with Gasteiger partial charge in [0.05, 0.1) is 6.61 Å². The minimum Gasteiger partial charge on any atom is -0.493 e. The predicted octanol–water partition coefficient (Wildman–Crippen LogP) is 5.50. The van der Waals surface area contributed by atoms with Crippen LogP contribution in [0.15, 0.2) is 54.0 Å². The highest BCUT2D eigenvalue weighted by Crippen LogP contribution is 2.31. The highest BCUT2D eigenvalue weighted by molar-refractivity contribution is 7.13. The quantitative estimate of drug-likeness (QED) is 0.313. The van der Waals surface area contributed by atoms with Crippen molar-refractivity contribution in [2.45, 2.75) is 38.6 Å². The third-order valence-corrected chi connectivity index (χ3v) is 8.02. The third-order valence-electron chi connectivity index (χ3n) is 7.33. The lowest BCUT2D eigenvalue weighted by atomic mass is 9.98. The molecule has 0 radical (unpaired) electrons. The molecule has 2 aliphatic heterocycles. The number of anilines is 1. The summed E-state index contributed by atoms with van der Waals surface area (Å²) in [4.78, 5) is 19.5. The Morgan fingerprint density at radius 1 is 1.03 bits per heavy atom. The average Bonchev–Trinajstić information content (AvgIpc) is 3.63. The molecule has 39 heavy (non-hydrogen) atoms. The van der Waals surface area contributed by atoms with Crippen LogP contribution in [-0.2, 0) is 13.0 Å². The van der Waals surface area contributed by atoms with Gasteiger partial charge in [0.2, 0.25) is 0 Å². The van der Waals surface area contributed by atoms with E-state index in [-0.39, 0.29) is 5.91 Å². The van der Waals surface area contributed by atoms with Crippen molar-refractivity contribution in [2.24, 2.45) is 5.92 Å². The topological polar surface area (TPSA) is 94.4 Å². The number of amides is 1. The van der Waals surface area contributed by atoms with Crippen molar-refractivity contribution < 1.29 is 14.3 Å². The number of fused-ring (bicyclic) bond motifs is 1. The van der Waals surface area contributed by atoms with Crippen molar-refractivity contribution in [3.8, 4) is 28.6 Å². The molecule has 2 aromatic carbocycles. The predicted molar refractivity (Wildman–Crippen MR) is 151 cm³/mol. The molecule has 2 aromatic heterocycles. The Kier molecular flexibility index (Phi) is 7.55. The van der Waals surface area contributed by atoms with Crippen LogP contribution in [0.1, 0.15) is 41.9 Å². The van der Waals surface area contributed by atoms with Gasteiger partial charge < -0.3 is 18.9 Å². The lowest BCUT2D eigenvalue weighted by Gasteiger charge is -2.28. The first-order valence-electron chi connectivity index (χ1n) is 13.5. The van der Waals surface area contributed by atoms with Gasteiger partial charge in [0.1, 0.15) is 23.1 Å². The van der Waals surface area contributed by atoms with Gasteiger partial charge in [-0.2, -0.15) is 0 Å². The van der Waals surface area contributed by atoms with Gasteiger partial charge in [-0.15, -0.1) is 21.5 Å².